The van der Waals surface area contributed by atoms with E-state index in [4.69, 9.17) is 4.74 Å². The van der Waals surface area contributed by atoms with Crippen LogP contribution in [-0.4, -0.2) is 25.8 Å². The first-order valence-electron chi connectivity index (χ1n) is 3.74. The maximum Gasteiger partial charge on any atom is 0.0671 e. The number of ether oxygens (including phenoxy) is 1. The lowest BCUT2D eigenvalue weighted by atomic mass is 10.4. The summed E-state index contributed by atoms with van der Waals surface area (Å²) in [6.07, 6.45) is 2.16. The zero-order chi connectivity index (χ0) is 7.82. The van der Waals surface area contributed by atoms with Crippen LogP contribution in [-0.2, 0) is 4.74 Å². The van der Waals surface area contributed by atoms with E-state index in [9.17, 15) is 0 Å². The van der Waals surface area contributed by atoms with Gasteiger partial charge in [0.25, 0.3) is 0 Å². The first kappa shape index (κ1) is 9.66. The first-order chi connectivity index (χ1) is 4.81. The van der Waals surface area contributed by atoms with E-state index in [0.29, 0.717) is 6.10 Å². The Balaban J connectivity index is 3.04. The summed E-state index contributed by atoms with van der Waals surface area (Å²) in [5, 5.41) is 3.18. The Kier molecular flexibility index (Phi) is 6.55. The third kappa shape index (κ3) is 5.79. The van der Waals surface area contributed by atoms with Gasteiger partial charge >= 0.3 is 0 Å². The van der Waals surface area contributed by atoms with Gasteiger partial charge in [-0.05, 0) is 13.8 Å². The van der Waals surface area contributed by atoms with Crippen LogP contribution in [0.2, 0.25) is 0 Å². The highest BCUT2D eigenvalue weighted by molar-refractivity contribution is 4.70. The van der Waals surface area contributed by atoms with Crippen LogP contribution in [0, 0.1) is 0 Å². The predicted molar refractivity (Wildman–Crippen MR) is 44.2 cm³/mol. The largest absolute Gasteiger partial charge is 0.377 e. The molecule has 0 saturated carbocycles. The Hall–Kier alpha value is -0.340. The summed E-state index contributed by atoms with van der Waals surface area (Å²) in [5.41, 5.74) is 0. The topological polar surface area (TPSA) is 21.3 Å². The molecule has 0 spiro atoms. The van der Waals surface area contributed by atoms with Crippen molar-refractivity contribution in [1.82, 2.24) is 5.32 Å². The molecule has 0 aliphatic heterocycles. The van der Waals surface area contributed by atoms with Crippen LogP contribution in [0.3, 0.4) is 0 Å². The van der Waals surface area contributed by atoms with Gasteiger partial charge in [0.2, 0.25) is 0 Å². The standard InChI is InChI=1S/C8H17NO/c1-4-6-9-7-8(3)10-5-2/h4,8-9H,1,5-7H2,2-3H3. The molecule has 10 heavy (non-hydrogen) atoms. The predicted octanol–water partition coefficient (Wildman–Crippen LogP) is 1.19. The average molecular weight is 143 g/mol. The van der Waals surface area contributed by atoms with Crippen LogP contribution >= 0.6 is 0 Å². The molecule has 2 heteroatoms. The number of rotatable bonds is 6. The molecule has 0 aromatic rings. The summed E-state index contributed by atoms with van der Waals surface area (Å²) < 4.78 is 5.29. The Labute approximate surface area is 63.3 Å². The van der Waals surface area contributed by atoms with Crippen molar-refractivity contribution in [1.29, 1.82) is 0 Å². The Bertz CT molecular complexity index is 83.3. The van der Waals surface area contributed by atoms with Gasteiger partial charge in [-0.3, -0.25) is 0 Å². The summed E-state index contributed by atoms with van der Waals surface area (Å²) in [6.45, 7) is 10.2. The number of hydrogen-bond acceptors (Lipinski definition) is 2. The van der Waals surface area contributed by atoms with Crippen molar-refractivity contribution < 1.29 is 4.74 Å². The van der Waals surface area contributed by atoms with Gasteiger partial charge in [0, 0.05) is 19.7 Å². The van der Waals surface area contributed by atoms with Gasteiger partial charge < -0.3 is 10.1 Å². The molecular weight excluding hydrogens is 126 g/mol. The molecule has 0 saturated heterocycles. The first-order valence-corrected chi connectivity index (χ1v) is 3.74. The Morgan fingerprint density at radius 2 is 2.40 bits per heavy atom. The van der Waals surface area contributed by atoms with Gasteiger partial charge in [0.05, 0.1) is 6.10 Å². The van der Waals surface area contributed by atoms with Crippen molar-refractivity contribution in [3.05, 3.63) is 12.7 Å². The highest BCUT2D eigenvalue weighted by Gasteiger charge is 1.96. The lowest BCUT2D eigenvalue weighted by Crippen LogP contribution is -2.26. The molecule has 60 valence electrons. The molecule has 0 aliphatic rings. The van der Waals surface area contributed by atoms with Crippen LogP contribution < -0.4 is 5.32 Å². The molecule has 2 nitrogen and oxygen atoms in total. The minimum atomic E-state index is 0.310. The zero-order valence-electron chi connectivity index (χ0n) is 6.89. The lowest BCUT2D eigenvalue weighted by molar-refractivity contribution is 0.0769. The molecule has 0 aromatic heterocycles. The monoisotopic (exact) mass is 143 g/mol. The smallest absolute Gasteiger partial charge is 0.0671 e. The second-order valence-electron chi connectivity index (χ2n) is 2.21. The summed E-state index contributed by atoms with van der Waals surface area (Å²) in [6, 6.07) is 0. The fourth-order valence-electron chi connectivity index (χ4n) is 0.732. The van der Waals surface area contributed by atoms with Crippen molar-refractivity contribution in [3.8, 4) is 0 Å². The normalized spacial score (nSPS) is 13.0. The molecule has 1 N–H and O–H groups in total. The van der Waals surface area contributed by atoms with Gasteiger partial charge in [0.1, 0.15) is 0 Å². The fraction of sp³-hybridized carbons (Fsp3) is 0.750. The molecule has 0 fully saturated rings. The maximum atomic E-state index is 5.29. The van der Waals surface area contributed by atoms with E-state index in [2.05, 4.69) is 18.8 Å². The summed E-state index contributed by atoms with van der Waals surface area (Å²) in [5.74, 6) is 0. The van der Waals surface area contributed by atoms with Crippen molar-refractivity contribution in [2.75, 3.05) is 19.7 Å². The van der Waals surface area contributed by atoms with Gasteiger partial charge in [-0.25, -0.2) is 0 Å². The summed E-state index contributed by atoms with van der Waals surface area (Å²) >= 11 is 0. The molecule has 1 atom stereocenters. The van der Waals surface area contributed by atoms with E-state index in [0.717, 1.165) is 19.7 Å². The number of nitrogens with one attached hydrogen (secondary N) is 1. The van der Waals surface area contributed by atoms with E-state index in [1.165, 1.54) is 0 Å². The van der Waals surface area contributed by atoms with Crippen LogP contribution in [0.25, 0.3) is 0 Å². The van der Waals surface area contributed by atoms with Gasteiger partial charge in [0.15, 0.2) is 0 Å². The van der Waals surface area contributed by atoms with Crippen molar-refractivity contribution in [3.63, 3.8) is 0 Å². The highest BCUT2D eigenvalue weighted by Crippen LogP contribution is 1.86. The van der Waals surface area contributed by atoms with Gasteiger partial charge in [-0.2, -0.15) is 0 Å². The third-order valence-corrected chi connectivity index (χ3v) is 1.17. The minimum Gasteiger partial charge on any atom is -0.377 e. The van der Waals surface area contributed by atoms with Crippen molar-refractivity contribution in [2.24, 2.45) is 0 Å². The Morgan fingerprint density at radius 1 is 1.70 bits per heavy atom. The third-order valence-electron chi connectivity index (χ3n) is 1.17. The molecule has 0 heterocycles. The quantitative estimate of drug-likeness (QED) is 0.445. The van der Waals surface area contributed by atoms with E-state index < -0.39 is 0 Å². The zero-order valence-corrected chi connectivity index (χ0v) is 6.89. The molecule has 0 bridgehead atoms. The van der Waals surface area contributed by atoms with Crippen molar-refractivity contribution in [2.45, 2.75) is 20.0 Å². The van der Waals surface area contributed by atoms with Gasteiger partial charge in [-0.1, -0.05) is 6.08 Å². The molecule has 0 rings (SSSR count). The minimum absolute atomic E-state index is 0.310. The van der Waals surface area contributed by atoms with Crippen LogP contribution in [0.15, 0.2) is 12.7 Å². The van der Waals surface area contributed by atoms with Gasteiger partial charge in [-0.15, -0.1) is 6.58 Å². The van der Waals surface area contributed by atoms with E-state index >= 15 is 0 Å². The van der Waals surface area contributed by atoms with E-state index in [1.54, 1.807) is 0 Å². The lowest BCUT2D eigenvalue weighted by Gasteiger charge is -2.10. The SMILES string of the molecule is C=CCNCC(C)OCC. The molecule has 1 unspecified atom stereocenters. The average Bonchev–Trinajstić information content (AvgIpc) is 1.89. The van der Waals surface area contributed by atoms with Crippen LogP contribution in [0.1, 0.15) is 13.8 Å². The number of hydrogen-bond donors (Lipinski definition) is 1. The Morgan fingerprint density at radius 3 is 2.90 bits per heavy atom. The molecule has 0 amide bonds. The second kappa shape index (κ2) is 6.78. The van der Waals surface area contributed by atoms with Crippen LogP contribution in [0.4, 0.5) is 0 Å². The highest BCUT2D eigenvalue weighted by atomic mass is 16.5. The second-order valence-corrected chi connectivity index (χ2v) is 2.21. The molecular formula is C8H17NO. The van der Waals surface area contributed by atoms with E-state index in [1.807, 2.05) is 13.0 Å². The van der Waals surface area contributed by atoms with Crippen molar-refractivity contribution >= 4 is 0 Å². The molecule has 0 radical (unpaired) electrons. The van der Waals surface area contributed by atoms with Crippen LogP contribution in [0.5, 0.6) is 0 Å². The molecule has 0 aliphatic carbocycles. The maximum absolute atomic E-state index is 5.29. The fourth-order valence-corrected chi connectivity index (χ4v) is 0.732. The van der Waals surface area contributed by atoms with E-state index in [-0.39, 0.29) is 0 Å². The summed E-state index contributed by atoms with van der Waals surface area (Å²) in [4.78, 5) is 0. The molecule has 0 aromatic carbocycles. The summed E-state index contributed by atoms with van der Waals surface area (Å²) in [7, 11) is 0.